The first-order valence-corrected chi connectivity index (χ1v) is 6.19. The summed E-state index contributed by atoms with van der Waals surface area (Å²) in [5.41, 5.74) is 2.63. The van der Waals surface area contributed by atoms with Crippen molar-refractivity contribution in [3.63, 3.8) is 0 Å². The Morgan fingerprint density at radius 3 is 2.12 bits per heavy atom. The average Bonchev–Trinajstić information content (AvgIpc) is 2.38. The van der Waals surface area contributed by atoms with E-state index in [1.165, 1.54) is 12.8 Å². The molecule has 3 radical (unpaired) electrons. The van der Waals surface area contributed by atoms with Crippen molar-refractivity contribution >= 4 is 8.41 Å². The first-order valence-electron chi connectivity index (χ1n) is 6.19. The molecular formula is C14H24BO. The third-order valence-electron chi connectivity index (χ3n) is 4.87. The summed E-state index contributed by atoms with van der Waals surface area (Å²) in [6.07, 6.45) is 6.19. The van der Waals surface area contributed by atoms with Crippen LogP contribution < -0.4 is 0 Å². The molecule has 0 unspecified atom stereocenters. The quantitative estimate of drug-likeness (QED) is 0.485. The maximum Gasteiger partial charge on any atom is 0.0650 e. The molecule has 2 aliphatic rings. The van der Waals surface area contributed by atoms with E-state index in [-0.39, 0.29) is 8.41 Å². The molecule has 0 aromatic heterocycles. The zero-order chi connectivity index (χ0) is 11.1. The lowest BCUT2D eigenvalue weighted by molar-refractivity contribution is 0.150. The monoisotopic (exact) mass is 219 g/mol. The van der Waals surface area contributed by atoms with E-state index in [1.807, 2.05) is 0 Å². The van der Waals surface area contributed by atoms with Crippen LogP contribution in [0.1, 0.15) is 47.0 Å². The summed E-state index contributed by atoms with van der Waals surface area (Å²) in [7, 11) is 0. The largest absolute Gasteiger partial charge is 0.377 e. The number of hydrogen-bond acceptors (Lipinski definition) is 1. The molecule has 2 rings (SSSR count). The predicted molar refractivity (Wildman–Crippen MR) is 69.6 cm³/mol. The zero-order valence-corrected chi connectivity index (χ0v) is 11.2. The molecule has 0 atom stereocenters. The average molecular weight is 219 g/mol. The zero-order valence-electron chi connectivity index (χ0n) is 11.2. The van der Waals surface area contributed by atoms with Crippen LogP contribution in [0.15, 0.2) is 11.6 Å². The van der Waals surface area contributed by atoms with Gasteiger partial charge < -0.3 is 4.74 Å². The molecule has 0 bridgehead atoms. The van der Waals surface area contributed by atoms with Crippen LogP contribution in [0.4, 0.5) is 0 Å². The minimum absolute atomic E-state index is 0. The van der Waals surface area contributed by atoms with Gasteiger partial charge in [-0.15, -0.1) is 0 Å². The highest BCUT2D eigenvalue weighted by molar-refractivity contribution is 5.75. The molecule has 0 aromatic rings. The van der Waals surface area contributed by atoms with Crippen LogP contribution in [0.5, 0.6) is 0 Å². The fraction of sp³-hybridized carbons (Fsp3) is 0.857. The summed E-state index contributed by atoms with van der Waals surface area (Å²) in [5, 5.41) is 0. The summed E-state index contributed by atoms with van der Waals surface area (Å²) in [6.45, 7) is 11.5. The van der Waals surface area contributed by atoms with E-state index in [0.717, 1.165) is 25.6 Å². The van der Waals surface area contributed by atoms with E-state index in [4.69, 9.17) is 4.74 Å². The van der Waals surface area contributed by atoms with Gasteiger partial charge in [0.05, 0.1) is 13.2 Å². The van der Waals surface area contributed by atoms with Crippen LogP contribution in [0, 0.1) is 16.7 Å². The van der Waals surface area contributed by atoms with Gasteiger partial charge in [0.2, 0.25) is 0 Å². The second-order valence-corrected chi connectivity index (χ2v) is 6.48. The molecule has 1 heterocycles. The number of hydrogen-bond donors (Lipinski definition) is 0. The van der Waals surface area contributed by atoms with Gasteiger partial charge in [-0.3, -0.25) is 0 Å². The second-order valence-electron chi connectivity index (χ2n) is 6.48. The molecule has 1 aliphatic carbocycles. The van der Waals surface area contributed by atoms with Crippen molar-refractivity contribution in [1.82, 2.24) is 0 Å². The number of ether oxygens (including phenoxy) is 1. The van der Waals surface area contributed by atoms with Gasteiger partial charge in [-0.2, -0.15) is 0 Å². The van der Waals surface area contributed by atoms with Crippen LogP contribution in [0.25, 0.3) is 0 Å². The fourth-order valence-electron chi connectivity index (χ4n) is 3.03. The van der Waals surface area contributed by atoms with E-state index in [1.54, 1.807) is 5.57 Å². The van der Waals surface area contributed by atoms with Crippen molar-refractivity contribution < 1.29 is 4.74 Å². The summed E-state index contributed by atoms with van der Waals surface area (Å²) >= 11 is 0. The predicted octanol–water partition coefficient (Wildman–Crippen LogP) is 3.41. The Labute approximate surface area is 102 Å². The SMILES string of the molecule is CC1(C)CC(C2=CCOCC2)CC1(C)C.[B]. The Hall–Kier alpha value is -0.235. The van der Waals surface area contributed by atoms with Crippen molar-refractivity contribution in [2.45, 2.75) is 47.0 Å². The Balaban J connectivity index is 0.00000128. The van der Waals surface area contributed by atoms with Crippen molar-refractivity contribution in [1.29, 1.82) is 0 Å². The first-order chi connectivity index (χ1) is 6.92. The van der Waals surface area contributed by atoms with Gasteiger partial charge in [0.1, 0.15) is 0 Å². The van der Waals surface area contributed by atoms with Gasteiger partial charge >= 0.3 is 0 Å². The highest BCUT2D eigenvalue weighted by atomic mass is 16.5. The summed E-state index contributed by atoms with van der Waals surface area (Å²) in [6, 6.07) is 0. The summed E-state index contributed by atoms with van der Waals surface area (Å²) < 4.78 is 5.39. The topological polar surface area (TPSA) is 9.23 Å². The van der Waals surface area contributed by atoms with E-state index < -0.39 is 0 Å². The molecule has 2 heteroatoms. The number of rotatable bonds is 1. The molecule has 16 heavy (non-hydrogen) atoms. The Kier molecular flexibility index (Phi) is 3.94. The van der Waals surface area contributed by atoms with Gasteiger partial charge in [-0.25, -0.2) is 0 Å². The fourth-order valence-corrected chi connectivity index (χ4v) is 3.03. The second kappa shape index (κ2) is 4.56. The normalized spacial score (nSPS) is 28.4. The standard InChI is InChI=1S/C14H24O.B/c1-13(2)9-12(10-14(13,3)4)11-5-7-15-8-6-11;/h5,12H,6-10H2,1-4H3;. The molecule has 89 valence electrons. The summed E-state index contributed by atoms with van der Waals surface area (Å²) in [5.74, 6) is 0.818. The smallest absolute Gasteiger partial charge is 0.0650 e. The highest BCUT2D eigenvalue weighted by Gasteiger charge is 2.46. The van der Waals surface area contributed by atoms with E-state index >= 15 is 0 Å². The molecule has 1 saturated carbocycles. The van der Waals surface area contributed by atoms with Crippen LogP contribution in [0.3, 0.4) is 0 Å². The molecule has 1 nitrogen and oxygen atoms in total. The molecule has 0 aromatic carbocycles. The highest BCUT2D eigenvalue weighted by Crippen LogP contribution is 2.56. The van der Waals surface area contributed by atoms with Gasteiger partial charge in [0.15, 0.2) is 0 Å². The molecular weight excluding hydrogens is 195 g/mol. The minimum Gasteiger partial charge on any atom is -0.377 e. The molecule has 0 saturated heterocycles. The van der Waals surface area contributed by atoms with E-state index in [0.29, 0.717) is 10.8 Å². The van der Waals surface area contributed by atoms with Gasteiger partial charge in [-0.05, 0) is 36.0 Å². The van der Waals surface area contributed by atoms with Gasteiger partial charge in [0, 0.05) is 8.41 Å². The van der Waals surface area contributed by atoms with Crippen LogP contribution in [0.2, 0.25) is 0 Å². The molecule has 1 fully saturated rings. The van der Waals surface area contributed by atoms with Crippen LogP contribution in [-0.4, -0.2) is 21.6 Å². The Morgan fingerprint density at radius 2 is 1.69 bits per heavy atom. The lowest BCUT2D eigenvalue weighted by Gasteiger charge is -2.34. The van der Waals surface area contributed by atoms with Crippen LogP contribution in [-0.2, 0) is 4.74 Å². The summed E-state index contributed by atoms with van der Waals surface area (Å²) in [4.78, 5) is 0. The molecule has 1 aliphatic heterocycles. The van der Waals surface area contributed by atoms with Crippen LogP contribution >= 0.6 is 0 Å². The van der Waals surface area contributed by atoms with Crippen molar-refractivity contribution in [2.24, 2.45) is 16.7 Å². The third-order valence-corrected chi connectivity index (χ3v) is 4.87. The lowest BCUT2D eigenvalue weighted by atomic mass is 9.71. The Morgan fingerprint density at radius 1 is 1.12 bits per heavy atom. The minimum atomic E-state index is 0. The van der Waals surface area contributed by atoms with Crippen molar-refractivity contribution in [2.75, 3.05) is 13.2 Å². The van der Waals surface area contributed by atoms with Gasteiger partial charge in [0.25, 0.3) is 0 Å². The molecule has 0 N–H and O–H groups in total. The van der Waals surface area contributed by atoms with Gasteiger partial charge in [-0.1, -0.05) is 39.3 Å². The third kappa shape index (κ3) is 2.37. The Bertz CT molecular complexity index is 262. The van der Waals surface area contributed by atoms with Crippen molar-refractivity contribution in [3.05, 3.63) is 11.6 Å². The molecule has 0 spiro atoms. The maximum atomic E-state index is 5.39. The van der Waals surface area contributed by atoms with E-state index in [2.05, 4.69) is 33.8 Å². The lowest BCUT2D eigenvalue weighted by Crippen LogP contribution is -2.25. The molecule has 0 amide bonds. The first kappa shape index (κ1) is 13.8. The van der Waals surface area contributed by atoms with E-state index in [9.17, 15) is 0 Å². The van der Waals surface area contributed by atoms with Crippen molar-refractivity contribution in [3.8, 4) is 0 Å². The maximum absolute atomic E-state index is 5.39.